The van der Waals surface area contributed by atoms with E-state index in [-0.39, 0.29) is 12.1 Å². The maximum absolute atomic E-state index is 7.08. The molecule has 1 aliphatic carbocycles. The van der Waals surface area contributed by atoms with Crippen molar-refractivity contribution in [2.24, 2.45) is 4.99 Å². The van der Waals surface area contributed by atoms with Crippen molar-refractivity contribution in [3.8, 4) is 11.1 Å². The van der Waals surface area contributed by atoms with Crippen molar-refractivity contribution in [1.29, 1.82) is 0 Å². The van der Waals surface area contributed by atoms with Crippen molar-refractivity contribution in [3.63, 3.8) is 0 Å². The van der Waals surface area contributed by atoms with Crippen LogP contribution >= 0.6 is 0 Å². The zero-order valence-electron chi connectivity index (χ0n) is 16.5. The molecule has 0 N–H and O–H groups in total. The first-order valence-corrected chi connectivity index (χ1v) is 10.4. The highest BCUT2D eigenvalue weighted by Crippen LogP contribution is 2.53. The molecule has 0 amide bonds. The van der Waals surface area contributed by atoms with Crippen LogP contribution in [-0.4, -0.2) is 6.21 Å². The second-order valence-corrected chi connectivity index (χ2v) is 7.90. The Hall–Kier alpha value is -3.49. The Morgan fingerprint density at radius 2 is 1.07 bits per heavy atom. The summed E-state index contributed by atoms with van der Waals surface area (Å²) in [5.41, 5.74) is 6.39. The first-order valence-electron chi connectivity index (χ1n) is 10.4. The second-order valence-electron chi connectivity index (χ2n) is 7.90. The van der Waals surface area contributed by atoms with Crippen LogP contribution < -0.4 is 0 Å². The van der Waals surface area contributed by atoms with Gasteiger partial charge in [-0.1, -0.05) is 109 Å². The Bertz CT molecular complexity index is 1190. The lowest BCUT2D eigenvalue weighted by molar-refractivity contribution is -0.0529. The molecule has 2 aliphatic rings. The van der Waals surface area contributed by atoms with Gasteiger partial charge in [-0.05, 0) is 33.4 Å². The Balaban J connectivity index is 1.60. The lowest BCUT2D eigenvalue weighted by Gasteiger charge is -2.44. The van der Waals surface area contributed by atoms with Crippen LogP contribution in [0.3, 0.4) is 0 Å². The molecule has 0 aromatic heterocycles. The fourth-order valence-corrected chi connectivity index (χ4v) is 4.85. The normalized spacial score (nSPS) is 20.7. The topological polar surface area (TPSA) is 21.6 Å². The van der Waals surface area contributed by atoms with Gasteiger partial charge < -0.3 is 4.74 Å². The predicted molar refractivity (Wildman–Crippen MR) is 121 cm³/mol. The van der Waals surface area contributed by atoms with Crippen molar-refractivity contribution in [3.05, 3.63) is 131 Å². The third kappa shape index (κ3) is 2.51. The Kier molecular flexibility index (Phi) is 3.93. The van der Waals surface area contributed by atoms with Crippen LogP contribution in [0.5, 0.6) is 0 Å². The molecule has 4 aromatic rings. The maximum Gasteiger partial charge on any atom is 0.154 e. The molecule has 1 aliphatic heterocycles. The molecular formula is C28H21NO. The number of fused-ring (bicyclic) bond motifs is 6. The molecule has 0 saturated heterocycles. The molecule has 2 nitrogen and oxygen atoms in total. The SMILES string of the molecule is C1=N[C@H]2c3ccccc3-c3ccccc3[C@H]2OC1(c1ccccc1)c1ccccc1. The molecule has 0 radical (unpaired) electrons. The minimum atomic E-state index is -0.719. The fourth-order valence-electron chi connectivity index (χ4n) is 4.85. The van der Waals surface area contributed by atoms with Crippen LogP contribution in [0.2, 0.25) is 0 Å². The van der Waals surface area contributed by atoms with Crippen LogP contribution in [0.15, 0.2) is 114 Å². The Morgan fingerprint density at radius 1 is 0.567 bits per heavy atom. The number of rotatable bonds is 2. The summed E-state index contributed by atoms with van der Waals surface area (Å²) in [6.07, 6.45) is 1.87. The summed E-state index contributed by atoms with van der Waals surface area (Å²) in [4.78, 5) is 5.15. The van der Waals surface area contributed by atoms with Gasteiger partial charge in [-0.15, -0.1) is 0 Å². The van der Waals surface area contributed by atoms with Gasteiger partial charge in [0.15, 0.2) is 5.60 Å². The molecule has 1 heterocycles. The lowest BCUT2D eigenvalue weighted by Crippen LogP contribution is -2.40. The maximum atomic E-state index is 7.08. The largest absolute Gasteiger partial charge is 0.349 e. The summed E-state index contributed by atoms with van der Waals surface area (Å²) < 4.78 is 7.08. The van der Waals surface area contributed by atoms with E-state index in [0.717, 1.165) is 11.1 Å². The predicted octanol–water partition coefficient (Wildman–Crippen LogP) is 6.49. The third-order valence-electron chi connectivity index (χ3n) is 6.26. The number of hydrogen-bond donors (Lipinski definition) is 0. The summed E-state index contributed by atoms with van der Waals surface area (Å²) in [6, 6.07) is 37.9. The molecule has 0 saturated carbocycles. The molecule has 144 valence electrons. The number of benzene rings is 4. The highest BCUT2D eigenvalue weighted by atomic mass is 16.5. The van der Waals surface area contributed by atoms with E-state index in [1.54, 1.807) is 0 Å². The van der Waals surface area contributed by atoms with Crippen molar-refractivity contribution < 1.29 is 4.74 Å². The summed E-state index contributed by atoms with van der Waals surface area (Å²) in [5.74, 6) is 0. The van der Waals surface area contributed by atoms with Crippen molar-refractivity contribution >= 4 is 6.21 Å². The van der Waals surface area contributed by atoms with Gasteiger partial charge in [-0.2, -0.15) is 0 Å². The molecule has 0 fully saturated rings. The molecule has 6 rings (SSSR count). The summed E-state index contributed by atoms with van der Waals surface area (Å²) in [6.45, 7) is 0. The van der Waals surface area contributed by atoms with Gasteiger partial charge in [0.2, 0.25) is 0 Å². The van der Waals surface area contributed by atoms with Gasteiger partial charge >= 0.3 is 0 Å². The zero-order chi connectivity index (χ0) is 20.0. The molecule has 0 unspecified atom stereocenters. The van der Waals surface area contributed by atoms with Crippen LogP contribution in [0.1, 0.15) is 34.4 Å². The second kappa shape index (κ2) is 6.79. The van der Waals surface area contributed by atoms with E-state index in [9.17, 15) is 0 Å². The molecule has 30 heavy (non-hydrogen) atoms. The molecular weight excluding hydrogens is 366 g/mol. The van der Waals surface area contributed by atoms with Gasteiger partial charge in [-0.25, -0.2) is 0 Å². The van der Waals surface area contributed by atoms with Crippen LogP contribution in [0.4, 0.5) is 0 Å². The number of aliphatic imine (C=N–C) groups is 1. The molecule has 2 heteroatoms. The highest BCUT2D eigenvalue weighted by molar-refractivity contribution is 5.81. The minimum absolute atomic E-state index is 0.0448. The van der Waals surface area contributed by atoms with Crippen LogP contribution in [0.25, 0.3) is 11.1 Å². The molecule has 2 atom stereocenters. The van der Waals surface area contributed by atoms with Crippen LogP contribution in [0, 0.1) is 0 Å². The van der Waals surface area contributed by atoms with E-state index in [1.807, 2.05) is 18.3 Å². The molecule has 0 spiro atoms. The summed E-state index contributed by atoms with van der Waals surface area (Å²) >= 11 is 0. The Labute approximate surface area is 176 Å². The van der Waals surface area contributed by atoms with E-state index >= 15 is 0 Å². The van der Waals surface area contributed by atoms with E-state index in [0.29, 0.717) is 0 Å². The minimum Gasteiger partial charge on any atom is -0.349 e. The Morgan fingerprint density at radius 3 is 1.70 bits per heavy atom. The molecule has 4 aromatic carbocycles. The number of ether oxygens (including phenoxy) is 1. The number of hydrogen-bond acceptors (Lipinski definition) is 2. The van der Waals surface area contributed by atoms with E-state index in [1.165, 1.54) is 22.3 Å². The third-order valence-corrected chi connectivity index (χ3v) is 6.26. The van der Waals surface area contributed by atoms with Crippen molar-refractivity contribution in [2.75, 3.05) is 0 Å². The monoisotopic (exact) mass is 387 g/mol. The van der Waals surface area contributed by atoms with E-state index in [4.69, 9.17) is 9.73 Å². The first kappa shape index (κ1) is 17.4. The average Bonchev–Trinajstić information content (AvgIpc) is 2.85. The van der Waals surface area contributed by atoms with Crippen LogP contribution in [-0.2, 0) is 10.3 Å². The molecule has 0 bridgehead atoms. The van der Waals surface area contributed by atoms with Gasteiger partial charge in [0.05, 0.1) is 0 Å². The summed E-state index contributed by atoms with van der Waals surface area (Å²) in [5, 5.41) is 0. The average molecular weight is 387 g/mol. The van der Waals surface area contributed by atoms with E-state index in [2.05, 4.69) is 97.1 Å². The van der Waals surface area contributed by atoms with Gasteiger partial charge in [-0.3, -0.25) is 4.99 Å². The van der Waals surface area contributed by atoms with Gasteiger partial charge in [0.25, 0.3) is 0 Å². The summed E-state index contributed by atoms with van der Waals surface area (Å²) in [7, 11) is 0. The van der Waals surface area contributed by atoms with Crippen molar-refractivity contribution in [2.45, 2.75) is 17.7 Å². The standard InChI is InChI=1S/C28H21NO/c1-3-11-20(12-4-1)28(21-13-5-2-6-14-21)19-29-26-24-17-9-7-15-22(24)23-16-8-10-18-25(23)27(26)30-28/h1-19,26-27H/t26-,27+/m0/s1. The van der Waals surface area contributed by atoms with Gasteiger partial charge in [0, 0.05) is 6.21 Å². The zero-order valence-corrected chi connectivity index (χ0v) is 16.5. The van der Waals surface area contributed by atoms with Gasteiger partial charge in [0.1, 0.15) is 12.1 Å². The highest BCUT2D eigenvalue weighted by Gasteiger charge is 2.45. The van der Waals surface area contributed by atoms with Crippen molar-refractivity contribution in [1.82, 2.24) is 0 Å². The smallest absolute Gasteiger partial charge is 0.154 e. The first-order chi connectivity index (χ1) is 14.9. The quantitative estimate of drug-likeness (QED) is 0.385. The fraction of sp³-hybridized carbons (Fsp3) is 0.107. The number of nitrogens with zero attached hydrogens (tertiary/aromatic N) is 1. The lowest BCUT2D eigenvalue weighted by atomic mass is 9.78. The van der Waals surface area contributed by atoms with E-state index < -0.39 is 5.60 Å².